The van der Waals surface area contributed by atoms with Crippen molar-refractivity contribution < 1.29 is 28.9 Å². The number of hydrogen-bond acceptors (Lipinski definition) is 9. The molecule has 6 N–H and O–H groups in total. The summed E-state index contributed by atoms with van der Waals surface area (Å²) in [6, 6.07) is 0.224. The Morgan fingerprint density at radius 3 is 2.55 bits per heavy atom. The van der Waals surface area contributed by atoms with E-state index in [-0.39, 0.29) is 49.0 Å². The highest BCUT2D eigenvalue weighted by molar-refractivity contribution is 5.78. The summed E-state index contributed by atoms with van der Waals surface area (Å²) >= 11 is 0. The van der Waals surface area contributed by atoms with E-state index < -0.39 is 24.5 Å². The lowest BCUT2D eigenvalue weighted by Gasteiger charge is -2.45. The number of rotatable bonds is 12. The van der Waals surface area contributed by atoms with Gasteiger partial charge in [-0.3, -0.25) is 14.9 Å². The minimum atomic E-state index is -1.05. The molecule has 0 aromatic heterocycles. The highest BCUT2D eigenvalue weighted by Gasteiger charge is 2.41. The quantitative estimate of drug-likeness (QED) is 0.181. The zero-order valence-corrected chi connectivity index (χ0v) is 25.8. The first-order valence-electron chi connectivity index (χ1n) is 16.2. The number of likely N-dealkylation sites (N-methyl/N-ethyl adjacent to an activating group) is 1. The van der Waals surface area contributed by atoms with Crippen molar-refractivity contribution in [3.8, 4) is 0 Å². The van der Waals surface area contributed by atoms with Crippen LogP contribution < -0.4 is 21.3 Å². The summed E-state index contributed by atoms with van der Waals surface area (Å²) in [5, 5.41) is 33.9. The molecule has 4 aliphatic rings. The van der Waals surface area contributed by atoms with E-state index in [0.29, 0.717) is 37.8 Å². The van der Waals surface area contributed by atoms with Crippen LogP contribution in [0.2, 0.25) is 0 Å². The second kappa shape index (κ2) is 16.1. The van der Waals surface area contributed by atoms with Gasteiger partial charge in [-0.1, -0.05) is 0 Å². The van der Waals surface area contributed by atoms with Gasteiger partial charge in [0.05, 0.1) is 31.1 Å². The van der Waals surface area contributed by atoms with E-state index >= 15 is 0 Å². The molecule has 11 nitrogen and oxygen atoms in total. The van der Waals surface area contributed by atoms with Crippen LogP contribution in [0.3, 0.4) is 0 Å². The van der Waals surface area contributed by atoms with Gasteiger partial charge >= 0.3 is 0 Å². The highest BCUT2D eigenvalue weighted by Crippen LogP contribution is 2.39. The number of β-amino-alcohol motifs (C(OH)–C–C–N with tert-alkyl or cyclic N) is 1. The monoisotopic (exact) mass is 598 g/mol. The molecule has 12 heteroatoms. The largest absolute Gasteiger partial charge is 0.390 e. The van der Waals surface area contributed by atoms with Crippen molar-refractivity contribution in [2.24, 2.45) is 17.8 Å². The van der Waals surface area contributed by atoms with Gasteiger partial charge in [0, 0.05) is 57.6 Å². The van der Waals surface area contributed by atoms with E-state index in [1.165, 1.54) is 0 Å². The van der Waals surface area contributed by atoms with Crippen LogP contribution in [0.4, 0.5) is 4.39 Å². The van der Waals surface area contributed by atoms with Gasteiger partial charge in [-0.05, 0) is 83.8 Å². The van der Waals surface area contributed by atoms with Crippen molar-refractivity contribution in [2.75, 3.05) is 59.5 Å². The predicted octanol–water partition coefficient (Wildman–Crippen LogP) is -0.186. The Hall–Kier alpha value is -1.41. The molecule has 4 rings (SSSR count). The molecular weight excluding hydrogens is 543 g/mol. The average Bonchev–Trinajstić information content (AvgIpc) is 2.98. The van der Waals surface area contributed by atoms with Crippen molar-refractivity contribution in [1.82, 2.24) is 31.1 Å². The van der Waals surface area contributed by atoms with E-state index in [1.807, 2.05) is 11.8 Å². The Labute approximate surface area is 250 Å². The minimum absolute atomic E-state index is 0.0136. The van der Waals surface area contributed by atoms with Crippen molar-refractivity contribution in [3.63, 3.8) is 0 Å². The molecule has 0 bridgehead atoms. The maximum atomic E-state index is 15.0. The van der Waals surface area contributed by atoms with Crippen molar-refractivity contribution in [3.05, 3.63) is 0 Å². The van der Waals surface area contributed by atoms with E-state index in [1.54, 1.807) is 14.0 Å². The minimum Gasteiger partial charge on any atom is -0.390 e. The zero-order chi connectivity index (χ0) is 30.2. The van der Waals surface area contributed by atoms with Gasteiger partial charge in [0.1, 0.15) is 6.17 Å². The number of likely N-dealkylation sites (tertiary alicyclic amines) is 2. The lowest BCUT2D eigenvalue weighted by molar-refractivity contribution is -0.130. The molecule has 0 aromatic rings. The molecule has 3 heterocycles. The van der Waals surface area contributed by atoms with Gasteiger partial charge < -0.3 is 40.7 Å². The highest BCUT2D eigenvalue weighted by atomic mass is 19.1. The Morgan fingerprint density at radius 2 is 1.83 bits per heavy atom. The normalized spacial score (nSPS) is 33.4. The lowest BCUT2D eigenvalue weighted by atomic mass is 9.73. The average molecular weight is 599 g/mol. The third kappa shape index (κ3) is 9.54. The fourth-order valence-corrected chi connectivity index (χ4v) is 7.17. The Kier molecular flexibility index (Phi) is 12.8. The number of hydrogen-bond donors (Lipinski definition) is 6. The number of aliphatic hydroxyl groups is 2. The second-order valence-electron chi connectivity index (χ2n) is 13.1. The zero-order valence-electron chi connectivity index (χ0n) is 25.8. The first-order chi connectivity index (χ1) is 20.1. The lowest BCUT2D eigenvalue weighted by Crippen LogP contribution is -2.56. The number of amides is 2. The molecule has 1 saturated carbocycles. The van der Waals surface area contributed by atoms with E-state index in [2.05, 4.69) is 26.2 Å². The van der Waals surface area contributed by atoms with Crippen LogP contribution in [0.5, 0.6) is 0 Å². The number of halogens is 1. The number of piperidine rings is 3. The second-order valence-corrected chi connectivity index (χ2v) is 13.1. The van der Waals surface area contributed by atoms with Crippen LogP contribution >= 0.6 is 0 Å². The predicted molar refractivity (Wildman–Crippen MR) is 158 cm³/mol. The van der Waals surface area contributed by atoms with Crippen LogP contribution in [-0.4, -0.2) is 134 Å². The first kappa shape index (κ1) is 33.5. The summed E-state index contributed by atoms with van der Waals surface area (Å²) in [6.45, 7) is 8.17. The van der Waals surface area contributed by atoms with Crippen LogP contribution in [0, 0.1) is 17.8 Å². The third-order valence-electron chi connectivity index (χ3n) is 10.1. The number of fused-ring (bicyclic) bond motifs is 1. The van der Waals surface area contributed by atoms with Crippen molar-refractivity contribution in [1.29, 1.82) is 0 Å². The Morgan fingerprint density at radius 1 is 1.07 bits per heavy atom. The molecule has 8 unspecified atom stereocenters. The van der Waals surface area contributed by atoms with Gasteiger partial charge in [-0.25, -0.2) is 4.39 Å². The first-order valence-corrected chi connectivity index (χ1v) is 16.2. The van der Waals surface area contributed by atoms with Gasteiger partial charge in [0.25, 0.3) is 0 Å². The van der Waals surface area contributed by atoms with Crippen LogP contribution in [0.15, 0.2) is 0 Å². The molecule has 3 aliphatic heterocycles. The fraction of sp³-hybridized carbons (Fsp3) is 0.933. The summed E-state index contributed by atoms with van der Waals surface area (Å²) in [6.07, 6.45) is 2.54. The summed E-state index contributed by atoms with van der Waals surface area (Å²) in [7, 11) is 1.78. The molecule has 0 spiro atoms. The third-order valence-corrected chi connectivity index (χ3v) is 10.1. The number of nitrogens with one attached hydrogen (secondary N) is 4. The molecule has 242 valence electrons. The van der Waals surface area contributed by atoms with Gasteiger partial charge in [0.2, 0.25) is 11.8 Å². The molecule has 0 aromatic carbocycles. The smallest absolute Gasteiger partial charge is 0.223 e. The molecule has 3 saturated heterocycles. The Bertz CT molecular complexity index is 864. The number of aliphatic hydroxyl groups excluding tert-OH is 2. The molecule has 9 atom stereocenters. The molecule has 0 radical (unpaired) electrons. The van der Waals surface area contributed by atoms with E-state index in [0.717, 1.165) is 58.4 Å². The summed E-state index contributed by atoms with van der Waals surface area (Å²) in [4.78, 5) is 28.6. The van der Waals surface area contributed by atoms with Gasteiger partial charge in [-0.15, -0.1) is 0 Å². The van der Waals surface area contributed by atoms with E-state index in [9.17, 15) is 24.2 Å². The van der Waals surface area contributed by atoms with Gasteiger partial charge in [0.15, 0.2) is 0 Å². The summed E-state index contributed by atoms with van der Waals surface area (Å²) in [5.41, 5.74) is 0. The van der Waals surface area contributed by atoms with E-state index in [4.69, 9.17) is 4.74 Å². The Balaban J connectivity index is 1.13. The molecule has 2 amide bonds. The number of alkyl halides is 1. The van der Waals surface area contributed by atoms with Crippen molar-refractivity contribution >= 4 is 11.8 Å². The standard InChI is InChI=1S/C30H55FN6O5/c1-19(32-3)27(40)18-42-28-13-21-5-9-36(16-23(21)12-26(28)31)17-25(39)15-34-30(41)22-4-8-33-29(14-22)35-24-6-10-37(11-7-24)20(2)38/h19,21-29,32-33,35,39-40H,4-18H2,1-3H3,(H,34,41)/t19?,21?,22?,23?,25-,26?,27?,28?,29?/m0/s1. The summed E-state index contributed by atoms with van der Waals surface area (Å²) < 4.78 is 20.8. The molecule has 1 aliphatic carbocycles. The SMILES string of the molecule is CNC(C)C(O)COC1CC2CCN(C[C@@H](O)CNC(=O)C3CCNC(NC4CCN(C(C)=O)CC4)C3)CC2CC1F. The number of nitrogens with zero attached hydrogens (tertiary/aromatic N) is 2. The van der Waals surface area contributed by atoms with Crippen LogP contribution in [0.1, 0.15) is 58.8 Å². The molecule has 42 heavy (non-hydrogen) atoms. The molecular formula is C30H55FN6O5. The number of carbonyl (C=O) groups is 2. The number of ether oxygens (including phenoxy) is 1. The number of carbonyl (C=O) groups excluding carboxylic acids is 2. The molecule has 4 fully saturated rings. The summed E-state index contributed by atoms with van der Waals surface area (Å²) in [5.74, 6) is 0.621. The topological polar surface area (TPSA) is 138 Å². The van der Waals surface area contributed by atoms with Gasteiger partial charge in [-0.2, -0.15) is 0 Å². The maximum absolute atomic E-state index is 15.0. The van der Waals surface area contributed by atoms with Crippen LogP contribution in [-0.2, 0) is 14.3 Å². The van der Waals surface area contributed by atoms with Crippen molar-refractivity contribution in [2.45, 2.75) is 102 Å². The fourth-order valence-electron chi connectivity index (χ4n) is 7.17. The maximum Gasteiger partial charge on any atom is 0.223 e. The van der Waals surface area contributed by atoms with Crippen LogP contribution in [0.25, 0.3) is 0 Å².